The topological polar surface area (TPSA) is 60.0 Å². The molecule has 0 radical (unpaired) electrons. The van der Waals surface area contributed by atoms with Crippen molar-refractivity contribution in [1.82, 2.24) is 19.4 Å². The second-order valence-corrected chi connectivity index (χ2v) is 8.16. The van der Waals surface area contributed by atoms with Gasteiger partial charge < -0.3 is 10.3 Å². The summed E-state index contributed by atoms with van der Waals surface area (Å²) in [5.41, 5.74) is 10.6. The first-order valence-corrected chi connectivity index (χ1v) is 10.6. The van der Waals surface area contributed by atoms with Crippen molar-refractivity contribution in [2.75, 3.05) is 12.3 Å². The third-order valence-corrected chi connectivity index (χ3v) is 5.87. The molecule has 2 aromatic heterocycles. The molecule has 0 amide bonds. The largest absolute Gasteiger partial charge is 0.416 e. The number of halogens is 3. The van der Waals surface area contributed by atoms with Gasteiger partial charge in [-0.2, -0.15) is 13.2 Å². The molecule has 3 heterocycles. The minimum absolute atomic E-state index is 0.647. The molecule has 168 valence electrons. The molecule has 0 spiro atoms. The smallest absolute Gasteiger partial charge is 0.399 e. The Morgan fingerprint density at radius 1 is 0.970 bits per heavy atom. The van der Waals surface area contributed by atoms with E-state index in [-0.39, 0.29) is 0 Å². The summed E-state index contributed by atoms with van der Waals surface area (Å²) in [7, 11) is 0. The van der Waals surface area contributed by atoms with Crippen LogP contribution in [0.25, 0.3) is 17.1 Å². The number of nitrogen functional groups attached to an aromatic ring is 1. The zero-order chi connectivity index (χ0) is 23.0. The predicted octanol–water partition coefficient (Wildman–Crippen LogP) is 5.09. The highest BCUT2D eigenvalue weighted by molar-refractivity contribution is 5.58. The van der Waals surface area contributed by atoms with Crippen LogP contribution in [-0.4, -0.2) is 26.0 Å². The third-order valence-electron chi connectivity index (χ3n) is 5.87. The molecule has 33 heavy (non-hydrogen) atoms. The van der Waals surface area contributed by atoms with Gasteiger partial charge >= 0.3 is 6.18 Å². The number of nitrogens with zero attached hydrogens (tertiary/aromatic N) is 4. The average Bonchev–Trinajstić information content (AvgIpc) is 3.27. The molecular formula is C25H22F3N5. The molecule has 8 heteroatoms. The molecule has 1 aliphatic rings. The van der Waals surface area contributed by atoms with Gasteiger partial charge in [0.15, 0.2) is 5.82 Å². The molecule has 4 aromatic rings. The number of anilines is 1. The maximum absolute atomic E-state index is 12.9. The summed E-state index contributed by atoms with van der Waals surface area (Å²) in [5.74, 6) is 0.693. The van der Waals surface area contributed by atoms with E-state index >= 15 is 0 Å². The zero-order valence-electron chi connectivity index (χ0n) is 17.8. The number of hydrogen-bond donors (Lipinski definition) is 1. The fourth-order valence-electron chi connectivity index (χ4n) is 4.12. The summed E-state index contributed by atoms with van der Waals surface area (Å²) in [6, 6.07) is 16.7. The lowest BCUT2D eigenvalue weighted by molar-refractivity contribution is -0.137. The Morgan fingerprint density at radius 2 is 1.73 bits per heavy atom. The van der Waals surface area contributed by atoms with Crippen LogP contribution in [0.5, 0.6) is 0 Å². The number of nitrogens with two attached hydrogens (primary N) is 1. The van der Waals surface area contributed by atoms with Crippen molar-refractivity contribution >= 4 is 5.69 Å². The van der Waals surface area contributed by atoms with Crippen LogP contribution >= 0.6 is 0 Å². The Bertz CT molecular complexity index is 1260. The van der Waals surface area contributed by atoms with Gasteiger partial charge in [-0.3, -0.25) is 4.90 Å². The lowest BCUT2D eigenvalue weighted by atomic mass is 10.1. The molecule has 0 bridgehead atoms. The van der Waals surface area contributed by atoms with Crippen LogP contribution in [0.15, 0.2) is 73.1 Å². The average molecular weight is 449 g/mol. The molecular weight excluding hydrogens is 427 g/mol. The summed E-state index contributed by atoms with van der Waals surface area (Å²) in [4.78, 5) is 11.6. The number of rotatable bonds is 4. The van der Waals surface area contributed by atoms with Gasteiger partial charge in [-0.1, -0.05) is 0 Å². The Morgan fingerprint density at radius 3 is 2.45 bits per heavy atom. The van der Waals surface area contributed by atoms with Crippen molar-refractivity contribution < 1.29 is 13.2 Å². The van der Waals surface area contributed by atoms with Crippen molar-refractivity contribution in [3.63, 3.8) is 0 Å². The first-order chi connectivity index (χ1) is 15.9. The molecule has 0 fully saturated rings. The van der Waals surface area contributed by atoms with E-state index in [0.717, 1.165) is 54.2 Å². The predicted molar refractivity (Wildman–Crippen MR) is 120 cm³/mol. The molecule has 2 aromatic carbocycles. The van der Waals surface area contributed by atoms with Crippen LogP contribution in [0.1, 0.15) is 22.5 Å². The maximum atomic E-state index is 12.9. The monoisotopic (exact) mass is 449 g/mol. The van der Waals surface area contributed by atoms with Gasteiger partial charge in [0.05, 0.1) is 11.3 Å². The van der Waals surface area contributed by atoms with Crippen LogP contribution in [0.3, 0.4) is 0 Å². The Labute approximate surface area is 189 Å². The van der Waals surface area contributed by atoms with E-state index in [1.54, 1.807) is 0 Å². The van der Waals surface area contributed by atoms with Crippen LogP contribution in [0.4, 0.5) is 18.9 Å². The highest BCUT2D eigenvalue weighted by atomic mass is 19.4. The van der Waals surface area contributed by atoms with Gasteiger partial charge in [0.2, 0.25) is 0 Å². The molecule has 0 aliphatic carbocycles. The molecule has 5 nitrogen and oxygen atoms in total. The van der Waals surface area contributed by atoms with E-state index in [0.29, 0.717) is 23.7 Å². The van der Waals surface area contributed by atoms with Crippen molar-refractivity contribution in [3.05, 3.63) is 95.6 Å². The van der Waals surface area contributed by atoms with E-state index < -0.39 is 11.7 Å². The molecule has 0 unspecified atom stereocenters. The van der Waals surface area contributed by atoms with Crippen molar-refractivity contribution in [2.24, 2.45) is 0 Å². The highest BCUT2D eigenvalue weighted by Gasteiger charge is 2.30. The lowest BCUT2D eigenvalue weighted by Crippen LogP contribution is -2.31. The SMILES string of the molecule is Nc1ccc(-c2ncc3c(n2)CCN(Cc2cccn2-c2ccc(C(F)(F)F)cc2)C3)cc1. The number of fused-ring (bicyclic) bond motifs is 1. The number of aromatic nitrogens is 3. The van der Waals surface area contributed by atoms with Gasteiger partial charge in [0.25, 0.3) is 0 Å². The van der Waals surface area contributed by atoms with Crippen LogP contribution in [-0.2, 0) is 25.7 Å². The van der Waals surface area contributed by atoms with Crippen molar-refractivity contribution in [3.8, 4) is 17.1 Å². The van der Waals surface area contributed by atoms with Gasteiger partial charge in [0.1, 0.15) is 0 Å². The summed E-state index contributed by atoms with van der Waals surface area (Å²) < 4.78 is 40.6. The van der Waals surface area contributed by atoms with Gasteiger partial charge in [-0.25, -0.2) is 9.97 Å². The van der Waals surface area contributed by atoms with E-state index in [4.69, 9.17) is 10.7 Å². The van der Waals surface area contributed by atoms with Crippen molar-refractivity contribution in [1.29, 1.82) is 0 Å². The first-order valence-electron chi connectivity index (χ1n) is 10.6. The normalized spacial score (nSPS) is 14.3. The standard InChI is InChI=1S/C25H22F3N5/c26-25(27,28)19-5-9-21(10-6-19)33-12-1-2-22(33)16-32-13-11-23-18(15-32)14-30-24(31-23)17-3-7-20(29)8-4-17/h1-10,12,14H,11,13,15-16,29H2. The van der Waals surface area contributed by atoms with Crippen LogP contribution in [0, 0.1) is 0 Å². The summed E-state index contributed by atoms with van der Waals surface area (Å²) in [6.45, 7) is 2.23. The van der Waals surface area contributed by atoms with E-state index in [1.807, 2.05) is 53.4 Å². The molecule has 2 N–H and O–H groups in total. The van der Waals surface area contributed by atoms with E-state index in [2.05, 4.69) is 9.88 Å². The first kappa shape index (κ1) is 21.2. The summed E-state index contributed by atoms with van der Waals surface area (Å²) in [6.07, 6.45) is 0.225. The summed E-state index contributed by atoms with van der Waals surface area (Å²) in [5, 5.41) is 0. The molecule has 0 saturated carbocycles. The maximum Gasteiger partial charge on any atom is 0.416 e. The fourth-order valence-corrected chi connectivity index (χ4v) is 4.12. The fraction of sp³-hybridized carbons (Fsp3) is 0.200. The number of alkyl halides is 3. The van der Waals surface area contributed by atoms with E-state index in [9.17, 15) is 13.2 Å². The Hall–Kier alpha value is -3.65. The van der Waals surface area contributed by atoms with Crippen LogP contribution in [0.2, 0.25) is 0 Å². The highest BCUT2D eigenvalue weighted by Crippen LogP contribution is 2.30. The molecule has 1 aliphatic heterocycles. The number of hydrogen-bond acceptors (Lipinski definition) is 4. The van der Waals surface area contributed by atoms with Crippen molar-refractivity contribution in [2.45, 2.75) is 25.7 Å². The molecule has 5 rings (SSSR count). The second kappa shape index (κ2) is 8.37. The van der Waals surface area contributed by atoms with Crippen LogP contribution < -0.4 is 5.73 Å². The lowest BCUT2D eigenvalue weighted by Gasteiger charge is -2.28. The van der Waals surface area contributed by atoms with Gasteiger partial charge in [0, 0.05) is 66.6 Å². The summed E-state index contributed by atoms with van der Waals surface area (Å²) >= 11 is 0. The molecule has 0 saturated heterocycles. The minimum Gasteiger partial charge on any atom is -0.399 e. The third kappa shape index (κ3) is 4.47. The zero-order valence-corrected chi connectivity index (χ0v) is 17.8. The van der Waals surface area contributed by atoms with Gasteiger partial charge in [-0.05, 0) is 60.7 Å². The minimum atomic E-state index is -4.34. The van der Waals surface area contributed by atoms with E-state index in [1.165, 1.54) is 12.1 Å². The number of benzene rings is 2. The van der Waals surface area contributed by atoms with Gasteiger partial charge in [-0.15, -0.1) is 0 Å². The molecule has 0 atom stereocenters. The Balaban J connectivity index is 1.31. The quantitative estimate of drug-likeness (QED) is 0.441. The Kier molecular flexibility index (Phi) is 5.38. The second-order valence-electron chi connectivity index (χ2n) is 8.16.